The van der Waals surface area contributed by atoms with Crippen molar-refractivity contribution in [1.29, 1.82) is 0 Å². The van der Waals surface area contributed by atoms with Crippen LogP contribution in [-0.2, 0) is 10.9 Å². The van der Waals surface area contributed by atoms with Crippen LogP contribution in [0.5, 0.6) is 0 Å². The van der Waals surface area contributed by atoms with Gasteiger partial charge in [-0.25, -0.2) is 14.8 Å². The van der Waals surface area contributed by atoms with Crippen LogP contribution in [0, 0.1) is 0 Å². The first kappa shape index (κ1) is 27.7. The highest BCUT2D eigenvalue weighted by molar-refractivity contribution is 6.02. The van der Waals surface area contributed by atoms with Gasteiger partial charge in [-0.3, -0.25) is 4.79 Å². The number of aromatic nitrogens is 3. The van der Waals surface area contributed by atoms with Crippen molar-refractivity contribution in [2.75, 3.05) is 31.5 Å². The minimum atomic E-state index is -4.68. The lowest BCUT2D eigenvalue weighted by Gasteiger charge is -2.34. The maximum Gasteiger partial charge on any atom is 0.419 e. The Morgan fingerprint density at radius 1 is 1.07 bits per heavy atom. The van der Waals surface area contributed by atoms with Crippen molar-refractivity contribution in [1.82, 2.24) is 24.8 Å². The van der Waals surface area contributed by atoms with Gasteiger partial charge < -0.3 is 24.8 Å². The molecule has 214 valence electrons. The number of ether oxygens (including phenoxy) is 1. The predicted octanol–water partition coefficient (Wildman–Crippen LogP) is 5.69. The fourth-order valence-electron chi connectivity index (χ4n) is 5.19. The molecule has 0 unspecified atom stereocenters. The number of amides is 2. The second kappa shape index (κ2) is 10.6. The fourth-order valence-corrected chi connectivity index (χ4v) is 5.19. The van der Waals surface area contributed by atoms with Gasteiger partial charge in [0.05, 0.1) is 5.69 Å². The smallest absolute Gasteiger partial charge is 0.419 e. The zero-order valence-electron chi connectivity index (χ0n) is 22.8. The van der Waals surface area contributed by atoms with E-state index in [-0.39, 0.29) is 29.2 Å². The molecule has 3 aromatic rings. The Kier molecular flexibility index (Phi) is 7.36. The molecule has 0 spiro atoms. The molecular formula is C28H33F3N6O3. The number of benzene rings is 1. The van der Waals surface area contributed by atoms with Gasteiger partial charge in [-0.15, -0.1) is 0 Å². The number of hydrogen-bond acceptors (Lipinski definition) is 6. The standard InChI is InChI=1S/C28H33F3N6O3/c1-27(2,3)40-26(39)37-12-6-7-18(16-37)34-25-33-15-21(28(29,30)31)23(35-25)20-14-32-22-13-17(8-9-19(20)22)24(38)36-10-4-5-11-36/h8-9,13-15,18,32H,4-7,10-12,16H2,1-3H3,(H,33,34,35)/t18-/m0/s1. The molecule has 2 aromatic heterocycles. The number of halogens is 3. The largest absolute Gasteiger partial charge is 0.444 e. The summed E-state index contributed by atoms with van der Waals surface area (Å²) in [5.41, 5.74) is -0.584. The van der Waals surface area contributed by atoms with Crippen molar-refractivity contribution >= 4 is 28.9 Å². The first-order chi connectivity index (χ1) is 18.9. The van der Waals surface area contributed by atoms with Gasteiger partial charge in [0.1, 0.15) is 11.2 Å². The number of carbonyl (C=O) groups excluding carboxylic acids is 2. The fraction of sp³-hybridized carbons (Fsp3) is 0.500. The van der Waals surface area contributed by atoms with E-state index in [0.717, 1.165) is 19.0 Å². The molecule has 0 radical (unpaired) electrons. The molecule has 9 nitrogen and oxygen atoms in total. The number of alkyl halides is 3. The van der Waals surface area contributed by atoms with Crippen LogP contribution in [0.15, 0.2) is 30.6 Å². The van der Waals surface area contributed by atoms with Gasteiger partial charge in [-0.2, -0.15) is 13.2 Å². The van der Waals surface area contributed by atoms with Crippen molar-refractivity contribution in [2.45, 2.75) is 64.3 Å². The average molecular weight is 559 g/mol. The summed E-state index contributed by atoms with van der Waals surface area (Å²) < 4.78 is 47.6. The molecule has 40 heavy (non-hydrogen) atoms. The average Bonchev–Trinajstić information content (AvgIpc) is 3.57. The van der Waals surface area contributed by atoms with E-state index >= 15 is 0 Å². The maximum atomic E-state index is 14.0. The molecule has 2 aliphatic rings. The van der Waals surface area contributed by atoms with Gasteiger partial charge in [0, 0.05) is 66.6 Å². The van der Waals surface area contributed by atoms with Crippen molar-refractivity contribution < 1.29 is 27.5 Å². The van der Waals surface area contributed by atoms with Crippen LogP contribution in [0.1, 0.15) is 62.4 Å². The molecule has 1 aromatic carbocycles. The SMILES string of the molecule is CC(C)(C)OC(=O)N1CCC[C@H](Nc2ncc(C(F)(F)F)c(-c3c[nH]c4cc(C(=O)N5CCCC5)ccc34)n2)C1. The van der Waals surface area contributed by atoms with Crippen LogP contribution in [0.2, 0.25) is 0 Å². The summed E-state index contributed by atoms with van der Waals surface area (Å²) >= 11 is 0. The second-order valence-corrected chi connectivity index (χ2v) is 11.3. The molecule has 2 saturated heterocycles. The molecule has 0 saturated carbocycles. The van der Waals surface area contributed by atoms with Crippen molar-refractivity contribution in [3.63, 3.8) is 0 Å². The zero-order chi connectivity index (χ0) is 28.7. The predicted molar refractivity (Wildman–Crippen MR) is 144 cm³/mol. The van der Waals surface area contributed by atoms with E-state index in [9.17, 15) is 22.8 Å². The van der Waals surface area contributed by atoms with E-state index in [1.54, 1.807) is 48.8 Å². The molecule has 12 heteroatoms. The molecule has 5 rings (SSSR count). The van der Waals surface area contributed by atoms with Crippen molar-refractivity contribution in [3.8, 4) is 11.3 Å². The molecule has 2 aliphatic heterocycles. The van der Waals surface area contributed by atoms with Crippen LogP contribution in [0.4, 0.5) is 23.9 Å². The number of fused-ring (bicyclic) bond motifs is 1. The lowest BCUT2D eigenvalue weighted by atomic mass is 10.0. The Bertz CT molecular complexity index is 1410. The Labute approximate surface area is 230 Å². The van der Waals surface area contributed by atoms with E-state index in [2.05, 4.69) is 20.3 Å². The van der Waals surface area contributed by atoms with Gasteiger partial charge in [0.25, 0.3) is 5.91 Å². The monoisotopic (exact) mass is 558 g/mol. The maximum absolute atomic E-state index is 14.0. The number of anilines is 1. The van der Waals surface area contributed by atoms with E-state index in [1.807, 2.05) is 0 Å². The van der Waals surface area contributed by atoms with Gasteiger partial charge >= 0.3 is 12.3 Å². The van der Waals surface area contributed by atoms with Crippen LogP contribution in [0.3, 0.4) is 0 Å². The quantitative estimate of drug-likeness (QED) is 0.427. The number of aromatic amines is 1. The molecule has 1 atom stereocenters. The Hall–Kier alpha value is -3.83. The number of piperidine rings is 1. The minimum absolute atomic E-state index is 0.0363. The summed E-state index contributed by atoms with van der Waals surface area (Å²) in [4.78, 5) is 40.0. The van der Waals surface area contributed by atoms with Crippen molar-refractivity contribution in [3.05, 3.63) is 41.7 Å². The van der Waals surface area contributed by atoms with Gasteiger partial charge in [-0.1, -0.05) is 6.07 Å². The van der Waals surface area contributed by atoms with E-state index in [0.29, 0.717) is 55.5 Å². The summed E-state index contributed by atoms with van der Waals surface area (Å²) in [6, 6.07) is 4.70. The summed E-state index contributed by atoms with van der Waals surface area (Å²) in [5.74, 6) is -0.0535. The highest BCUT2D eigenvalue weighted by Crippen LogP contribution is 2.39. The van der Waals surface area contributed by atoms with Crippen LogP contribution in [0.25, 0.3) is 22.2 Å². The highest BCUT2D eigenvalue weighted by Gasteiger charge is 2.36. The third-order valence-electron chi connectivity index (χ3n) is 7.08. The molecular weight excluding hydrogens is 525 g/mol. The summed E-state index contributed by atoms with van der Waals surface area (Å²) in [6.45, 7) is 7.63. The normalized spacial score (nSPS) is 18.3. The van der Waals surface area contributed by atoms with Crippen LogP contribution >= 0.6 is 0 Å². The van der Waals surface area contributed by atoms with E-state index in [4.69, 9.17) is 4.74 Å². The third kappa shape index (κ3) is 6.00. The second-order valence-electron chi connectivity index (χ2n) is 11.3. The van der Waals surface area contributed by atoms with E-state index < -0.39 is 23.4 Å². The van der Waals surface area contributed by atoms with E-state index in [1.165, 1.54) is 6.20 Å². The van der Waals surface area contributed by atoms with Gasteiger partial charge in [0.15, 0.2) is 0 Å². The molecule has 2 N–H and O–H groups in total. The first-order valence-corrected chi connectivity index (χ1v) is 13.5. The number of nitrogens with one attached hydrogen (secondary N) is 2. The first-order valence-electron chi connectivity index (χ1n) is 13.5. The Morgan fingerprint density at radius 2 is 1.80 bits per heavy atom. The molecule has 2 fully saturated rings. The number of likely N-dealkylation sites (tertiary alicyclic amines) is 2. The number of H-pyrrole nitrogens is 1. The summed E-state index contributed by atoms with van der Waals surface area (Å²) in [5, 5.41) is 3.63. The van der Waals surface area contributed by atoms with Crippen LogP contribution in [-0.4, -0.2) is 74.6 Å². The third-order valence-corrected chi connectivity index (χ3v) is 7.08. The van der Waals surface area contributed by atoms with Crippen LogP contribution < -0.4 is 5.32 Å². The Balaban J connectivity index is 1.41. The highest BCUT2D eigenvalue weighted by atomic mass is 19.4. The van der Waals surface area contributed by atoms with Gasteiger partial charge in [-0.05, 0) is 58.6 Å². The number of rotatable bonds is 4. The lowest BCUT2D eigenvalue weighted by molar-refractivity contribution is -0.137. The zero-order valence-corrected chi connectivity index (χ0v) is 22.8. The lowest BCUT2D eigenvalue weighted by Crippen LogP contribution is -2.47. The number of hydrogen-bond donors (Lipinski definition) is 2. The summed E-state index contributed by atoms with van der Waals surface area (Å²) in [6.07, 6.45) is 0.460. The van der Waals surface area contributed by atoms with Gasteiger partial charge in [0.2, 0.25) is 5.95 Å². The summed E-state index contributed by atoms with van der Waals surface area (Å²) in [7, 11) is 0. The Morgan fingerprint density at radius 3 is 2.50 bits per heavy atom. The van der Waals surface area contributed by atoms with Crippen molar-refractivity contribution in [2.24, 2.45) is 0 Å². The molecule has 2 amide bonds. The topological polar surface area (TPSA) is 103 Å². The minimum Gasteiger partial charge on any atom is -0.444 e. The molecule has 0 bridgehead atoms. The molecule has 0 aliphatic carbocycles. The number of nitrogens with zero attached hydrogens (tertiary/aromatic N) is 4. The number of carbonyl (C=O) groups is 2. The molecule has 4 heterocycles.